The van der Waals surface area contributed by atoms with Crippen LogP contribution in [0.3, 0.4) is 0 Å². The number of aromatic nitrogens is 3. The first-order valence-electron chi connectivity index (χ1n) is 46.4. The monoisotopic (exact) mass is 1600 g/mol. The van der Waals surface area contributed by atoms with Crippen LogP contribution in [-0.2, 0) is 38.5 Å². The van der Waals surface area contributed by atoms with Crippen LogP contribution in [0.4, 0.5) is 0 Å². The fourth-order valence-corrected chi connectivity index (χ4v) is 20.8. The molecule has 612 valence electrons. The fraction of sp³-hybridized carbons (Fsp3) is 0.200. The van der Waals surface area contributed by atoms with E-state index in [0.717, 1.165) is 38.5 Å². The van der Waals surface area contributed by atoms with Crippen LogP contribution in [0.1, 0.15) is 191 Å². The Balaban J connectivity index is 0.000000125. The Morgan fingerprint density at radius 1 is 0.154 bits per heavy atom. The van der Waals surface area contributed by atoms with Gasteiger partial charge in [-0.25, -0.2) is 0 Å². The van der Waals surface area contributed by atoms with E-state index in [1.54, 1.807) is 0 Å². The van der Waals surface area contributed by atoms with Gasteiger partial charge in [0.2, 0.25) is 0 Å². The minimum atomic E-state index is 0.993. The topological polar surface area (TPSA) is 13.2 Å². The Bertz CT molecular complexity index is 7590. The number of rotatable bonds is 0. The van der Waals surface area contributed by atoms with Crippen molar-refractivity contribution in [2.45, 2.75) is 163 Å². The highest BCUT2D eigenvalue weighted by atomic mass is 14.9. The summed E-state index contributed by atoms with van der Waals surface area (Å²) >= 11 is 0. The van der Waals surface area contributed by atoms with Gasteiger partial charge in [-0.2, -0.15) is 0 Å². The van der Waals surface area contributed by atoms with Gasteiger partial charge in [0.1, 0.15) is 0 Å². The van der Waals surface area contributed by atoms with E-state index in [0.29, 0.717) is 0 Å². The van der Waals surface area contributed by atoms with Crippen LogP contribution in [0.5, 0.6) is 0 Å². The van der Waals surface area contributed by atoms with Crippen molar-refractivity contribution in [3.05, 3.63) is 376 Å². The van der Waals surface area contributed by atoms with Crippen molar-refractivity contribution in [2.24, 2.45) is 0 Å². The summed E-state index contributed by atoms with van der Waals surface area (Å²) in [5.74, 6) is 0. The molecule has 0 bridgehead atoms. The average Bonchev–Trinajstić information content (AvgIpc) is 1.55. The lowest BCUT2D eigenvalue weighted by Gasteiger charge is -2.14. The molecule has 0 atom stereocenters. The first-order valence-corrected chi connectivity index (χ1v) is 46.4. The Labute approximate surface area is 728 Å². The van der Waals surface area contributed by atoms with Gasteiger partial charge in [0.25, 0.3) is 0 Å². The molecule has 0 N–H and O–H groups in total. The maximum atomic E-state index is 2.49. The molecule has 3 nitrogen and oxygen atoms in total. The molecule has 6 aromatic heterocycles. The SMILES string of the molecule is CC.CC.CC.CC.CC.CC.CC.CC.CC.c1ccc2c(c1)Cc1c-2ccc2c1Cc1ccc3c4ccccc4n4c5ccccc5cc4c3c1-2.c1ccc2c(c1)Cc1cc3c(cc1-2)-c1ccc2c4ccccc4n4c5ccccc5cc4c2c1C3.c1ccc2c(c1)Cc1cc3c(cc1-2)Cc1c-3ccc2c3ccccc3n3c4ccccc4cc3c12. The molecule has 21 aromatic rings. The molecule has 0 aliphatic heterocycles. The van der Waals surface area contributed by atoms with E-state index in [1.807, 2.05) is 125 Å². The Morgan fingerprint density at radius 3 is 0.886 bits per heavy atom. The zero-order valence-electron chi connectivity index (χ0n) is 75.5. The zero-order chi connectivity index (χ0) is 86.0. The number of hydrogen-bond donors (Lipinski definition) is 0. The Morgan fingerprint density at radius 2 is 0.431 bits per heavy atom. The molecule has 0 saturated heterocycles. The highest BCUT2D eigenvalue weighted by Gasteiger charge is 2.33. The van der Waals surface area contributed by atoms with Crippen LogP contribution >= 0.6 is 0 Å². The molecule has 15 aromatic carbocycles. The van der Waals surface area contributed by atoms with Gasteiger partial charge in [-0.05, 0) is 261 Å². The summed E-state index contributed by atoms with van der Waals surface area (Å²) in [6.45, 7) is 36.0. The molecule has 6 heterocycles. The summed E-state index contributed by atoms with van der Waals surface area (Å²) in [6.07, 6.45) is 6.16. The number of fused-ring (bicyclic) bond motifs is 46. The van der Waals surface area contributed by atoms with Gasteiger partial charge < -0.3 is 13.2 Å². The van der Waals surface area contributed by atoms with Gasteiger partial charge in [-0.15, -0.1) is 0 Å². The first kappa shape index (κ1) is 83.6. The number of benzene rings is 15. The first-order chi connectivity index (χ1) is 61.1. The van der Waals surface area contributed by atoms with E-state index in [4.69, 9.17) is 0 Å². The van der Waals surface area contributed by atoms with Gasteiger partial charge in [-0.1, -0.05) is 361 Å². The molecule has 0 unspecified atom stereocenters. The second kappa shape index (κ2) is 35.9. The van der Waals surface area contributed by atoms with Gasteiger partial charge in [-0.3, -0.25) is 0 Å². The zero-order valence-corrected chi connectivity index (χ0v) is 75.5. The van der Waals surface area contributed by atoms with Crippen molar-refractivity contribution >= 4 is 114 Å². The van der Waals surface area contributed by atoms with E-state index in [-0.39, 0.29) is 0 Å². The van der Waals surface area contributed by atoms with E-state index in [1.165, 1.54) is 248 Å². The lowest BCUT2D eigenvalue weighted by Crippen LogP contribution is -1.94. The van der Waals surface area contributed by atoms with E-state index >= 15 is 0 Å². The van der Waals surface area contributed by atoms with Crippen molar-refractivity contribution in [1.29, 1.82) is 0 Å². The van der Waals surface area contributed by atoms with Crippen molar-refractivity contribution in [2.75, 3.05) is 0 Å². The molecule has 123 heavy (non-hydrogen) atoms. The predicted octanol–water partition coefficient (Wildman–Crippen LogP) is 34.9. The largest absolute Gasteiger partial charge is 0.309 e. The van der Waals surface area contributed by atoms with Crippen LogP contribution in [0.15, 0.2) is 309 Å². The molecule has 27 rings (SSSR count). The van der Waals surface area contributed by atoms with E-state index in [2.05, 4.69) is 323 Å². The molecule has 3 heteroatoms. The number of para-hydroxylation sites is 6. The second-order valence-electron chi connectivity index (χ2n) is 30.4. The van der Waals surface area contributed by atoms with Crippen molar-refractivity contribution in [1.82, 2.24) is 13.2 Å². The fourth-order valence-electron chi connectivity index (χ4n) is 20.8. The lowest BCUT2D eigenvalue weighted by atomic mass is 9.93. The molecular formula is C120H117N3. The van der Waals surface area contributed by atoms with E-state index < -0.39 is 0 Å². The Hall–Kier alpha value is -13.1. The highest BCUT2D eigenvalue weighted by Crippen LogP contribution is 2.54. The van der Waals surface area contributed by atoms with Gasteiger partial charge in [0, 0.05) is 48.5 Å². The van der Waals surface area contributed by atoms with Crippen LogP contribution in [0.25, 0.3) is 181 Å². The minimum Gasteiger partial charge on any atom is -0.309 e. The van der Waals surface area contributed by atoms with Crippen LogP contribution in [0, 0.1) is 0 Å². The highest BCUT2D eigenvalue weighted by molar-refractivity contribution is 6.23. The van der Waals surface area contributed by atoms with Crippen molar-refractivity contribution in [3.63, 3.8) is 0 Å². The van der Waals surface area contributed by atoms with Crippen molar-refractivity contribution < 1.29 is 0 Å². The summed E-state index contributed by atoms with van der Waals surface area (Å²) in [4.78, 5) is 0. The Kier molecular flexibility index (Phi) is 24.4. The summed E-state index contributed by atoms with van der Waals surface area (Å²) in [5, 5.41) is 16.2. The van der Waals surface area contributed by atoms with E-state index in [9.17, 15) is 0 Å². The molecule has 6 aliphatic carbocycles. The van der Waals surface area contributed by atoms with Crippen LogP contribution in [-0.4, -0.2) is 13.2 Å². The smallest absolute Gasteiger partial charge is 0.0553 e. The molecule has 0 fully saturated rings. The molecule has 0 radical (unpaired) electrons. The molecule has 0 amide bonds. The molecular weight excluding hydrogens is 1480 g/mol. The maximum absolute atomic E-state index is 2.49. The molecule has 6 aliphatic rings. The number of nitrogens with zero attached hydrogens (tertiary/aromatic N) is 3. The number of pyridine rings is 3. The summed E-state index contributed by atoms with van der Waals surface area (Å²) in [5.41, 5.74) is 46.4. The van der Waals surface area contributed by atoms with Gasteiger partial charge >= 0.3 is 0 Å². The normalized spacial score (nSPS) is 12.0. The predicted molar refractivity (Wildman–Crippen MR) is 541 cm³/mol. The average molecular weight is 1600 g/mol. The summed E-state index contributed by atoms with van der Waals surface area (Å²) in [6, 6.07) is 116. The van der Waals surface area contributed by atoms with Gasteiger partial charge in [0.05, 0.1) is 49.7 Å². The second-order valence-corrected chi connectivity index (χ2v) is 30.4. The summed E-state index contributed by atoms with van der Waals surface area (Å²) in [7, 11) is 0. The third kappa shape index (κ3) is 13.3. The summed E-state index contributed by atoms with van der Waals surface area (Å²) < 4.78 is 7.44. The van der Waals surface area contributed by atoms with Gasteiger partial charge in [0.15, 0.2) is 0 Å². The third-order valence-corrected chi connectivity index (χ3v) is 25.2. The lowest BCUT2D eigenvalue weighted by molar-refractivity contribution is 1.16. The maximum Gasteiger partial charge on any atom is 0.0553 e. The molecule has 0 saturated carbocycles. The number of hydrogen-bond acceptors (Lipinski definition) is 0. The van der Waals surface area contributed by atoms with Crippen molar-refractivity contribution in [3.8, 4) is 66.8 Å². The molecule has 0 spiro atoms. The third-order valence-electron chi connectivity index (χ3n) is 25.2. The van der Waals surface area contributed by atoms with Crippen LogP contribution < -0.4 is 0 Å². The quantitative estimate of drug-likeness (QED) is 0.134. The van der Waals surface area contributed by atoms with Crippen LogP contribution in [0.2, 0.25) is 0 Å². The minimum absolute atomic E-state index is 0.993. The standard InChI is InChI=1S/3C34H21N.9C2H6/c1-3-9-24-20(7-1)15-22-16-29-23(17-28(22)24)18-30-25(29)13-14-27-26-10-4-6-12-32(26)35-31-11-5-2-8-21(31)19-33(35)34(27)30;1-3-9-24-20(7-1)15-22-16-23-17-30-25(29(23)19-28(22)24)13-14-27-26-10-4-6-12-32(26)35-31-11-5-2-8-21(31)18-33(35)34(27)30;1-3-9-23-20(7-1)17-28-24(23)15-16-27-29(28)18-22-13-14-26-25-10-4-6-12-31(25)35-30-11-5-2-8-21(30)19-32(35)34(26)33(22)27;9*1-2/h1-14,16-17,19H,15,18H2;1-14,16,18-19H,15,17H2;1-16,19H,17-18H2;9*1-2H3.